The largest absolute Gasteiger partial charge is 0.356 e. The lowest BCUT2D eigenvalue weighted by molar-refractivity contribution is -0.121. The number of ketones is 1. The zero-order valence-corrected chi connectivity index (χ0v) is 18.7. The van der Waals surface area contributed by atoms with E-state index in [1.165, 1.54) is 58.0 Å². The molecule has 2 saturated heterocycles. The van der Waals surface area contributed by atoms with Crippen molar-refractivity contribution in [2.24, 2.45) is 17.6 Å². The topological polar surface area (TPSA) is 78.7 Å². The van der Waals surface area contributed by atoms with E-state index in [9.17, 15) is 9.59 Å². The fourth-order valence-electron chi connectivity index (χ4n) is 4.69. The van der Waals surface area contributed by atoms with Crippen LogP contribution in [0.3, 0.4) is 0 Å². The second-order valence-electron chi connectivity index (χ2n) is 9.20. The second kappa shape index (κ2) is 14.1. The number of nitrogens with zero attached hydrogens (tertiary/aromatic N) is 2. The van der Waals surface area contributed by atoms with Crippen LogP contribution in [0.1, 0.15) is 71.1 Å². The van der Waals surface area contributed by atoms with Crippen LogP contribution in [0.25, 0.3) is 0 Å². The lowest BCUT2D eigenvalue weighted by Crippen LogP contribution is -2.37. The maximum atomic E-state index is 11.8. The van der Waals surface area contributed by atoms with E-state index in [1.807, 2.05) is 0 Å². The summed E-state index contributed by atoms with van der Waals surface area (Å²) < 4.78 is 0. The molecule has 0 spiro atoms. The first-order chi connectivity index (χ1) is 14.1. The van der Waals surface area contributed by atoms with Gasteiger partial charge in [-0.25, -0.2) is 0 Å². The highest BCUT2D eigenvalue weighted by Gasteiger charge is 2.22. The van der Waals surface area contributed by atoms with Crippen molar-refractivity contribution in [1.29, 1.82) is 0 Å². The Morgan fingerprint density at radius 1 is 0.862 bits per heavy atom. The van der Waals surface area contributed by atoms with Gasteiger partial charge in [-0.3, -0.25) is 9.59 Å². The van der Waals surface area contributed by atoms with Crippen molar-refractivity contribution < 1.29 is 9.59 Å². The normalized spacial score (nSPS) is 20.1. The van der Waals surface area contributed by atoms with Crippen molar-refractivity contribution in [3.63, 3.8) is 0 Å². The molecule has 6 heteroatoms. The highest BCUT2D eigenvalue weighted by molar-refractivity contribution is 5.76. The Balaban J connectivity index is 1.47. The van der Waals surface area contributed by atoms with E-state index in [2.05, 4.69) is 15.1 Å². The maximum absolute atomic E-state index is 11.8. The highest BCUT2D eigenvalue weighted by atomic mass is 16.1. The number of likely N-dealkylation sites (tertiary alicyclic amines) is 2. The second-order valence-corrected chi connectivity index (χ2v) is 9.20. The molecule has 0 radical (unpaired) electrons. The maximum Gasteiger partial charge on any atom is 0.221 e. The van der Waals surface area contributed by atoms with Crippen LogP contribution >= 0.6 is 0 Å². The summed E-state index contributed by atoms with van der Waals surface area (Å²) in [4.78, 5) is 27.9. The standard InChI is InChI=1S/C23H44N4O2/c1-20(28)6-14-26-15-7-21(8-16-26)4-2-5-22-9-17-27(18-10-22)19-11-23(29)25-13-3-12-24/h21-22H,2-19,24H2,1H3,(H,25,29). The summed E-state index contributed by atoms with van der Waals surface area (Å²) in [6.45, 7) is 9.53. The van der Waals surface area contributed by atoms with E-state index < -0.39 is 0 Å². The summed E-state index contributed by atoms with van der Waals surface area (Å²) in [5, 5.41) is 2.94. The van der Waals surface area contributed by atoms with E-state index in [1.54, 1.807) is 6.92 Å². The Bertz CT molecular complexity index is 469. The molecule has 0 bridgehead atoms. The first-order valence-corrected chi connectivity index (χ1v) is 12.0. The zero-order valence-electron chi connectivity index (χ0n) is 18.7. The van der Waals surface area contributed by atoms with Gasteiger partial charge in [0, 0.05) is 32.5 Å². The van der Waals surface area contributed by atoms with Crippen molar-refractivity contribution in [2.45, 2.75) is 71.1 Å². The van der Waals surface area contributed by atoms with E-state index in [-0.39, 0.29) is 5.91 Å². The number of hydrogen-bond donors (Lipinski definition) is 2. The molecule has 0 atom stereocenters. The molecule has 2 fully saturated rings. The first kappa shape index (κ1) is 24.3. The van der Waals surface area contributed by atoms with Gasteiger partial charge in [0.25, 0.3) is 0 Å². The van der Waals surface area contributed by atoms with E-state index in [0.717, 1.165) is 44.4 Å². The van der Waals surface area contributed by atoms with Gasteiger partial charge in [-0.2, -0.15) is 0 Å². The molecule has 29 heavy (non-hydrogen) atoms. The van der Waals surface area contributed by atoms with Crippen LogP contribution in [0.4, 0.5) is 0 Å². The molecule has 0 aromatic rings. The molecule has 0 unspecified atom stereocenters. The van der Waals surface area contributed by atoms with Crippen LogP contribution in [0, 0.1) is 11.8 Å². The van der Waals surface area contributed by atoms with Crippen molar-refractivity contribution in [3.05, 3.63) is 0 Å². The molecule has 6 nitrogen and oxygen atoms in total. The molecular weight excluding hydrogens is 364 g/mol. The van der Waals surface area contributed by atoms with Gasteiger partial charge in [-0.05, 0) is 83.6 Å². The average molecular weight is 409 g/mol. The number of rotatable bonds is 13. The zero-order chi connectivity index (χ0) is 20.9. The van der Waals surface area contributed by atoms with Crippen molar-refractivity contribution in [2.75, 3.05) is 52.4 Å². The van der Waals surface area contributed by atoms with Crippen LogP contribution < -0.4 is 11.1 Å². The summed E-state index contributed by atoms with van der Waals surface area (Å²) in [5.41, 5.74) is 5.45. The number of hydrogen-bond acceptors (Lipinski definition) is 5. The van der Waals surface area contributed by atoms with Crippen molar-refractivity contribution in [3.8, 4) is 0 Å². The molecule has 168 valence electrons. The average Bonchev–Trinajstić information content (AvgIpc) is 2.73. The third-order valence-corrected chi connectivity index (χ3v) is 6.78. The highest BCUT2D eigenvalue weighted by Crippen LogP contribution is 2.27. The number of carbonyl (C=O) groups excluding carboxylic acids is 2. The molecule has 3 N–H and O–H groups in total. The van der Waals surface area contributed by atoms with E-state index in [4.69, 9.17) is 5.73 Å². The first-order valence-electron chi connectivity index (χ1n) is 12.0. The summed E-state index contributed by atoms with van der Waals surface area (Å²) in [6.07, 6.45) is 11.5. The predicted molar refractivity (Wildman–Crippen MR) is 119 cm³/mol. The van der Waals surface area contributed by atoms with Gasteiger partial charge in [0.15, 0.2) is 0 Å². The Labute approximate surface area is 177 Å². The van der Waals surface area contributed by atoms with Crippen LogP contribution in [0.2, 0.25) is 0 Å². The van der Waals surface area contributed by atoms with Gasteiger partial charge in [0.2, 0.25) is 5.91 Å². The minimum Gasteiger partial charge on any atom is -0.356 e. The minimum atomic E-state index is 0.160. The van der Waals surface area contributed by atoms with Gasteiger partial charge in [-0.1, -0.05) is 19.3 Å². The summed E-state index contributed by atoms with van der Waals surface area (Å²) in [5.74, 6) is 2.23. The minimum absolute atomic E-state index is 0.160. The lowest BCUT2D eigenvalue weighted by atomic mass is 9.87. The summed E-state index contributed by atoms with van der Waals surface area (Å²) in [7, 11) is 0. The van der Waals surface area contributed by atoms with Crippen molar-refractivity contribution >= 4 is 11.7 Å². The van der Waals surface area contributed by atoms with Crippen LogP contribution in [0.15, 0.2) is 0 Å². The third-order valence-electron chi connectivity index (χ3n) is 6.78. The van der Waals surface area contributed by atoms with Gasteiger partial charge < -0.3 is 20.9 Å². The monoisotopic (exact) mass is 408 g/mol. The molecule has 1 amide bonds. The Kier molecular flexibility index (Phi) is 11.8. The van der Waals surface area contributed by atoms with Gasteiger partial charge in [-0.15, -0.1) is 0 Å². The SMILES string of the molecule is CC(=O)CCN1CCC(CCCC2CCN(CCC(=O)NCCCN)CC2)CC1. The predicted octanol–water partition coefficient (Wildman–Crippen LogP) is 2.41. The molecule has 0 aromatic heterocycles. The molecule has 0 aliphatic carbocycles. The molecular formula is C23H44N4O2. The molecule has 2 heterocycles. The fraction of sp³-hybridized carbons (Fsp3) is 0.913. The molecule has 0 saturated carbocycles. The van der Waals surface area contributed by atoms with E-state index in [0.29, 0.717) is 31.7 Å². The Morgan fingerprint density at radius 2 is 1.38 bits per heavy atom. The molecule has 2 aliphatic rings. The number of amides is 1. The number of nitrogens with two attached hydrogens (primary N) is 1. The van der Waals surface area contributed by atoms with Crippen molar-refractivity contribution in [1.82, 2.24) is 15.1 Å². The van der Waals surface area contributed by atoms with Gasteiger partial charge in [0.1, 0.15) is 5.78 Å². The number of piperidine rings is 2. The molecule has 2 aliphatic heterocycles. The number of nitrogens with one attached hydrogen (secondary N) is 1. The Morgan fingerprint density at radius 3 is 1.86 bits per heavy atom. The number of Topliss-reactive ketones (excluding diaryl/α,β-unsaturated/α-hetero) is 1. The number of carbonyl (C=O) groups is 2. The van der Waals surface area contributed by atoms with E-state index >= 15 is 0 Å². The third kappa shape index (κ3) is 10.6. The van der Waals surface area contributed by atoms with Crippen LogP contribution in [-0.2, 0) is 9.59 Å². The molecule has 0 aromatic carbocycles. The van der Waals surface area contributed by atoms with Gasteiger partial charge >= 0.3 is 0 Å². The quantitative estimate of drug-likeness (QED) is 0.458. The lowest BCUT2D eigenvalue weighted by Gasteiger charge is -2.33. The Hall–Kier alpha value is -0.980. The smallest absolute Gasteiger partial charge is 0.221 e. The van der Waals surface area contributed by atoms with Crippen LogP contribution in [-0.4, -0.2) is 73.8 Å². The van der Waals surface area contributed by atoms with Crippen LogP contribution in [0.5, 0.6) is 0 Å². The summed E-state index contributed by atoms with van der Waals surface area (Å²) in [6, 6.07) is 0. The van der Waals surface area contributed by atoms with Gasteiger partial charge in [0.05, 0.1) is 0 Å². The molecule has 2 rings (SSSR count). The fourth-order valence-corrected chi connectivity index (χ4v) is 4.69. The summed E-state index contributed by atoms with van der Waals surface area (Å²) >= 11 is 0.